The van der Waals surface area contributed by atoms with Crippen molar-refractivity contribution in [2.75, 3.05) is 7.11 Å². The quantitative estimate of drug-likeness (QED) is 0.867. The Morgan fingerprint density at radius 3 is 2.21 bits per heavy atom. The van der Waals surface area contributed by atoms with E-state index in [9.17, 15) is 0 Å². The smallest absolute Gasteiger partial charge is 0.130 e. The first-order valence-electron chi connectivity index (χ1n) is 5.82. The minimum atomic E-state index is 0.388. The Morgan fingerprint density at radius 2 is 1.68 bits per heavy atom. The first-order valence-corrected chi connectivity index (χ1v) is 6.23. The molecule has 0 radical (unpaired) electrons. The van der Waals surface area contributed by atoms with E-state index < -0.39 is 0 Å². The Bertz CT molecular complexity index is 594. The van der Waals surface area contributed by atoms with Gasteiger partial charge in [0, 0.05) is 5.56 Å². The Hall–Kier alpha value is -2.07. The molecule has 0 saturated carbocycles. The van der Waals surface area contributed by atoms with Gasteiger partial charge in [-0.15, -0.1) is 0 Å². The lowest BCUT2D eigenvalue weighted by Gasteiger charge is -2.10. The highest BCUT2D eigenvalue weighted by Crippen LogP contribution is 2.27. The number of nitrogens with two attached hydrogens (primary N) is 1. The third-order valence-electron chi connectivity index (χ3n) is 2.75. The van der Waals surface area contributed by atoms with Gasteiger partial charge in [0.15, 0.2) is 0 Å². The van der Waals surface area contributed by atoms with Crippen LogP contribution >= 0.6 is 12.2 Å². The van der Waals surface area contributed by atoms with E-state index in [2.05, 4.69) is 0 Å². The van der Waals surface area contributed by atoms with Crippen LogP contribution in [0.5, 0.6) is 17.2 Å². The highest BCUT2D eigenvalue weighted by Gasteiger charge is 2.04. The molecule has 0 bridgehead atoms. The molecule has 2 aromatic carbocycles. The fourth-order valence-electron chi connectivity index (χ4n) is 1.69. The molecule has 0 aliphatic rings. The molecule has 98 valence electrons. The minimum Gasteiger partial charge on any atom is -0.497 e. The van der Waals surface area contributed by atoms with E-state index in [1.807, 2.05) is 49.4 Å². The molecule has 0 amide bonds. The molecule has 0 aliphatic carbocycles. The van der Waals surface area contributed by atoms with Gasteiger partial charge in [0.1, 0.15) is 22.2 Å². The maximum atomic E-state index is 5.80. The Labute approximate surface area is 118 Å². The molecule has 2 aromatic rings. The number of aryl methyl sites for hydroxylation is 1. The molecule has 3 nitrogen and oxygen atoms in total. The van der Waals surface area contributed by atoms with Crippen LogP contribution in [0.1, 0.15) is 11.1 Å². The van der Waals surface area contributed by atoms with Crippen LogP contribution in [0.3, 0.4) is 0 Å². The van der Waals surface area contributed by atoms with Gasteiger partial charge in [-0.1, -0.05) is 12.2 Å². The van der Waals surface area contributed by atoms with Crippen molar-refractivity contribution in [1.29, 1.82) is 0 Å². The van der Waals surface area contributed by atoms with Gasteiger partial charge in [0.05, 0.1) is 7.11 Å². The summed E-state index contributed by atoms with van der Waals surface area (Å²) in [7, 11) is 1.63. The van der Waals surface area contributed by atoms with Crippen molar-refractivity contribution in [3.63, 3.8) is 0 Å². The molecule has 2 rings (SSSR count). The highest BCUT2D eigenvalue weighted by atomic mass is 32.1. The van der Waals surface area contributed by atoms with Gasteiger partial charge in [-0.25, -0.2) is 0 Å². The van der Waals surface area contributed by atoms with Crippen LogP contribution < -0.4 is 15.2 Å². The average Bonchev–Trinajstić information content (AvgIpc) is 2.41. The summed E-state index contributed by atoms with van der Waals surface area (Å²) >= 11 is 4.95. The predicted octanol–water partition coefficient (Wildman–Crippen LogP) is 3.43. The lowest BCUT2D eigenvalue weighted by Crippen LogP contribution is -2.09. The van der Waals surface area contributed by atoms with Gasteiger partial charge in [0.2, 0.25) is 0 Å². The van der Waals surface area contributed by atoms with Crippen LogP contribution in [0.25, 0.3) is 0 Å². The first-order chi connectivity index (χ1) is 9.10. The SMILES string of the molecule is COc1ccc(Oc2ccc(C(N)=S)cc2C)cc1. The molecule has 0 saturated heterocycles. The number of ether oxygens (including phenoxy) is 2. The van der Waals surface area contributed by atoms with Crippen molar-refractivity contribution in [2.24, 2.45) is 5.73 Å². The molecule has 4 heteroatoms. The van der Waals surface area contributed by atoms with Crippen molar-refractivity contribution in [3.05, 3.63) is 53.6 Å². The maximum absolute atomic E-state index is 5.80. The maximum Gasteiger partial charge on any atom is 0.130 e. The average molecular weight is 273 g/mol. The molecule has 0 spiro atoms. The number of hydrogen-bond acceptors (Lipinski definition) is 3. The number of thiocarbonyl (C=S) groups is 1. The molecule has 0 fully saturated rings. The summed E-state index contributed by atoms with van der Waals surface area (Å²) in [5.41, 5.74) is 7.42. The van der Waals surface area contributed by atoms with Crippen molar-refractivity contribution < 1.29 is 9.47 Å². The van der Waals surface area contributed by atoms with Crippen molar-refractivity contribution in [1.82, 2.24) is 0 Å². The van der Waals surface area contributed by atoms with Crippen LogP contribution in [0.4, 0.5) is 0 Å². The summed E-state index contributed by atoms with van der Waals surface area (Å²) in [6.07, 6.45) is 0. The first kappa shape index (κ1) is 13.4. The van der Waals surface area contributed by atoms with Gasteiger partial charge < -0.3 is 15.2 Å². The molecule has 2 N–H and O–H groups in total. The van der Waals surface area contributed by atoms with Crippen LogP contribution in [0, 0.1) is 6.92 Å². The van der Waals surface area contributed by atoms with E-state index in [4.69, 9.17) is 27.4 Å². The van der Waals surface area contributed by atoms with Crippen molar-refractivity contribution >= 4 is 17.2 Å². The Morgan fingerprint density at radius 1 is 1.05 bits per heavy atom. The standard InChI is InChI=1S/C15H15NO2S/c1-10-9-11(15(16)19)3-8-14(10)18-13-6-4-12(17-2)5-7-13/h3-9H,1-2H3,(H2,16,19). The van der Waals surface area contributed by atoms with Gasteiger partial charge in [-0.2, -0.15) is 0 Å². The lowest BCUT2D eigenvalue weighted by molar-refractivity contribution is 0.412. The topological polar surface area (TPSA) is 44.5 Å². The number of benzene rings is 2. The summed E-state index contributed by atoms with van der Waals surface area (Å²) in [6.45, 7) is 1.96. The molecule has 0 aromatic heterocycles. The lowest BCUT2D eigenvalue weighted by atomic mass is 10.1. The zero-order valence-corrected chi connectivity index (χ0v) is 11.7. The third kappa shape index (κ3) is 3.23. The van der Waals surface area contributed by atoms with Crippen molar-refractivity contribution in [2.45, 2.75) is 6.92 Å². The fraction of sp³-hybridized carbons (Fsp3) is 0.133. The minimum absolute atomic E-state index is 0.388. The van der Waals surface area contributed by atoms with Gasteiger partial charge in [0.25, 0.3) is 0 Å². The molecule has 0 aliphatic heterocycles. The van der Waals surface area contributed by atoms with Crippen LogP contribution in [-0.2, 0) is 0 Å². The van der Waals surface area contributed by atoms with Crippen molar-refractivity contribution in [3.8, 4) is 17.2 Å². The van der Waals surface area contributed by atoms with Crippen LogP contribution in [0.2, 0.25) is 0 Å². The zero-order valence-electron chi connectivity index (χ0n) is 10.8. The Kier molecular flexibility index (Phi) is 4.02. The molecular weight excluding hydrogens is 258 g/mol. The van der Waals surface area contributed by atoms with Gasteiger partial charge in [-0.05, 0) is 55.0 Å². The summed E-state index contributed by atoms with van der Waals surface area (Å²) in [5, 5.41) is 0. The van der Waals surface area contributed by atoms with E-state index >= 15 is 0 Å². The van der Waals surface area contributed by atoms with E-state index in [0.29, 0.717) is 4.99 Å². The molecule has 0 heterocycles. The van der Waals surface area contributed by atoms with Gasteiger partial charge in [-0.3, -0.25) is 0 Å². The molecule has 0 unspecified atom stereocenters. The predicted molar refractivity (Wildman–Crippen MR) is 80.1 cm³/mol. The third-order valence-corrected chi connectivity index (χ3v) is 2.98. The van der Waals surface area contributed by atoms with Crippen LogP contribution in [-0.4, -0.2) is 12.1 Å². The zero-order chi connectivity index (χ0) is 13.8. The van der Waals surface area contributed by atoms with E-state index in [1.54, 1.807) is 7.11 Å². The second-order valence-electron chi connectivity index (χ2n) is 4.12. The van der Waals surface area contributed by atoms with Crippen LogP contribution in [0.15, 0.2) is 42.5 Å². The summed E-state index contributed by atoms with van der Waals surface area (Å²) in [5.74, 6) is 2.34. The molecule has 0 atom stereocenters. The van der Waals surface area contributed by atoms with E-state index in [1.165, 1.54) is 0 Å². The largest absolute Gasteiger partial charge is 0.497 e. The molecular formula is C15H15NO2S. The fourth-order valence-corrected chi connectivity index (χ4v) is 1.81. The van der Waals surface area contributed by atoms with E-state index in [0.717, 1.165) is 28.4 Å². The number of methoxy groups -OCH3 is 1. The highest BCUT2D eigenvalue weighted by molar-refractivity contribution is 7.80. The molecule has 19 heavy (non-hydrogen) atoms. The normalized spacial score (nSPS) is 10.0. The number of rotatable bonds is 4. The second kappa shape index (κ2) is 5.71. The van der Waals surface area contributed by atoms with Gasteiger partial charge >= 0.3 is 0 Å². The summed E-state index contributed by atoms with van der Waals surface area (Å²) in [4.78, 5) is 0.388. The second-order valence-corrected chi connectivity index (χ2v) is 4.56. The summed E-state index contributed by atoms with van der Waals surface area (Å²) < 4.78 is 10.9. The summed E-state index contributed by atoms with van der Waals surface area (Å²) in [6, 6.07) is 13.1. The monoisotopic (exact) mass is 273 g/mol. The Balaban J connectivity index is 2.20. The van der Waals surface area contributed by atoms with E-state index in [-0.39, 0.29) is 0 Å². The number of hydrogen-bond donors (Lipinski definition) is 1.